The predicted molar refractivity (Wildman–Crippen MR) is 62.1 cm³/mol. The molecule has 114 valence electrons. The average Bonchev–Trinajstić information content (AvgIpc) is 2.30. The Balaban J connectivity index is 2.82. The number of halogens is 1. The standard InChI is InChI=1S/C12H17FO7/c1-6(14)17-9-4-10(18-7(2)15)12(19-8(3)16)20-11(9)5-13/h9-12H,4-5H2,1-3H3/t9-,10-,11-,12-/m0/s1. The number of carbonyl (C=O) groups is 3. The van der Waals surface area contributed by atoms with Crippen molar-refractivity contribution in [2.75, 3.05) is 6.67 Å². The first-order valence-electron chi connectivity index (χ1n) is 6.06. The molecule has 8 heteroatoms. The number of carbonyl (C=O) groups excluding carboxylic acids is 3. The molecule has 1 saturated heterocycles. The van der Waals surface area contributed by atoms with Gasteiger partial charge in [0.05, 0.1) is 0 Å². The van der Waals surface area contributed by atoms with Gasteiger partial charge in [-0.3, -0.25) is 14.4 Å². The number of ether oxygens (including phenoxy) is 4. The third-order valence-electron chi connectivity index (χ3n) is 2.56. The summed E-state index contributed by atoms with van der Waals surface area (Å²) in [5.41, 5.74) is 0. The Hall–Kier alpha value is -1.70. The monoisotopic (exact) mass is 292 g/mol. The fourth-order valence-electron chi connectivity index (χ4n) is 1.90. The Morgan fingerprint density at radius 1 is 1.00 bits per heavy atom. The van der Waals surface area contributed by atoms with Gasteiger partial charge in [-0.1, -0.05) is 0 Å². The molecule has 20 heavy (non-hydrogen) atoms. The summed E-state index contributed by atoms with van der Waals surface area (Å²) in [7, 11) is 0. The normalized spacial score (nSPS) is 29.4. The summed E-state index contributed by atoms with van der Waals surface area (Å²) < 4.78 is 32.8. The molecular formula is C12H17FO7. The van der Waals surface area contributed by atoms with Gasteiger partial charge >= 0.3 is 17.9 Å². The molecule has 0 aromatic carbocycles. The van der Waals surface area contributed by atoms with Crippen LogP contribution in [-0.2, 0) is 33.3 Å². The van der Waals surface area contributed by atoms with Crippen molar-refractivity contribution in [2.24, 2.45) is 0 Å². The molecule has 4 atom stereocenters. The quantitative estimate of drug-likeness (QED) is 0.550. The van der Waals surface area contributed by atoms with E-state index in [4.69, 9.17) is 18.9 Å². The van der Waals surface area contributed by atoms with Gasteiger partial charge in [-0.05, 0) is 0 Å². The van der Waals surface area contributed by atoms with E-state index in [0.29, 0.717) is 0 Å². The summed E-state index contributed by atoms with van der Waals surface area (Å²) in [6, 6.07) is 0. The first-order valence-corrected chi connectivity index (χ1v) is 6.06. The van der Waals surface area contributed by atoms with Crippen LogP contribution in [0.4, 0.5) is 4.39 Å². The smallest absolute Gasteiger partial charge is 0.305 e. The van der Waals surface area contributed by atoms with E-state index < -0.39 is 49.2 Å². The van der Waals surface area contributed by atoms with E-state index in [2.05, 4.69) is 0 Å². The van der Waals surface area contributed by atoms with Crippen LogP contribution < -0.4 is 0 Å². The molecule has 0 unspecified atom stereocenters. The van der Waals surface area contributed by atoms with E-state index in [-0.39, 0.29) is 6.42 Å². The number of rotatable bonds is 4. The number of alkyl halides is 1. The number of esters is 3. The minimum Gasteiger partial charge on any atom is -0.460 e. The lowest BCUT2D eigenvalue weighted by Crippen LogP contribution is -2.52. The van der Waals surface area contributed by atoms with E-state index in [9.17, 15) is 18.8 Å². The zero-order chi connectivity index (χ0) is 15.3. The first-order chi connectivity index (χ1) is 9.33. The lowest BCUT2D eigenvalue weighted by atomic mass is 10.0. The predicted octanol–water partition coefficient (Wildman–Crippen LogP) is 0.497. The molecule has 7 nitrogen and oxygen atoms in total. The van der Waals surface area contributed by atoms with Gasteiger partial charge in [0.15, 0.2) is 6.10 Å². The number of hydrogen-bond acceptors (Lipinski definition) is 7. The van der Waals surface area contributed by atoms with Crippen LogP contribution in [0.5, 0.6) is 0 Å². The molecule has 1 heterocycles. The van der Waals surface area contributed by atoms with Crippen LogP contribution in [0.15, 0.2) is 0 Å². The van der Waals surface area contributed by atoms with Crippen molar-refractivity contribution in [3.63, 3.8) is 0 Å². The molecule has 0 aromatic heterocycles. The van der Waals surface area contributed by atoms with E-state index >= 15 is 0 Å². The maximum Gasteiger partial charge on any atom is 0.305 e. The Bertz CT molecular complexity index is 384. The van der Waals surface area contributed by atoms with Crippen molar-refractivity contribution in [3.8, 4) is 0 Å². The molecule has 0 bridgehead atoms. The van der Waals surface area contributed by atoms with Crippen molar-refractivity contribution in [3.05, 3.63) is 0 Å². The Morgan fingerprint density at radius 2 is 1.50 bits per heavy atom. The van der Waals surface area contributed by atoms with Crippen molar-refractivity contribution < 1.29 is 37.7 Å². The van der Waals surface area contributed by atoms with E-state index in [0.717, 1.165) is 6.92 Å². The maximum atomic E-state index is 12.9. The van der Waals surface area contributed by atoms with Gasteiger partial charge in [-0.15, -0.1) is 0 Å². The van der Waals surface area contributed by atoms with Crippen LogP contribution in [-0.4, -0.2) is 49.2 Å². The largest absolute Gasteiger partial charge is 0.460 e. The summed E-state index contributed by atoms with van der Waals surface area (Å²) in [4.78, 5) is 33.0. The molecule has 0 N–H and O–H groups in total. The fourth-order valence-corrected chi connectivity index (χ4v) is 1.90. The van der Waals surface area contributed by atoms with Crippen molar-refractivity contribution in [2.45, 2.75) is 51.8 Å². The third-order valence-corrected chi connectivity index (χ3v) is 2.56. The lowest BCUT2D eigenvalue weighted by molar-refractivity contribution is -0.266. The van der Waals surface area contributed by atoms with Crippen molar-refractivity contribution in [1.29, 1.82) is 0 Å². The molecule has 1 aliphatic heterocycles. The fraction of sp³-hybridized carbons (Fsp3) is 0.750. The zero-order valence-corrected chi connectivity index (χ0v) is 11.5. The minimum absolute atomic E-state index is 0.00824. The molecule has 0 spiro atoms. The molecule has 1 rings (SSSR count). The van der Waals surface area contributed by atoms with Crippen LogP contribution >= 0.6 is 0 Å². The van der Waals surface area contributed by atoms with Gasteiger partial charge in [0.1, 0.15) is 18.9 Å². The molecular weight excluding hydrogens is 275 g/mol. The molecule has 0 saturated carbocycles. The summed E-state index contributed by atoms with van der Waals surface area (Å²) in [5, 5.41) is 0. The maximum absolute atomic E-state index is 12.9. The van der Waals surface area contributed by atoms with Crippen LogP contribution in [0.2, 0.25) is 0 Å². The third kappa shape index (κ3) is 4.76. The summed E-state index contributed by atoms with van der Waals surface area (Å²) in [6.45, 7) is 2.57. The van der Waals surface area contributed by atoms with Crippen LogP contribution in [0.3, 0.4) is 0 Å². The highest BCUT2D eigenvalue weighted by Crippen LogP contribution is 2.26. The Labute approximate surface area is 115 Å². The van der Waals surface area contributed by atoms with E-state index in [1.807, 2.05) is 0 Å². The van der Waals surface area contributed by atoms with E-state index in [1.54, 1.807) is 0 Å². The summed E-state index contributed by atoms with van der Waals surface area (Å²) in [5.74, 6) is -1.88. The molecule has 0 amide bonds. The second-order valence-electron chi connectivity index (χ2n) is 4.34. The number of hydrogen-bond donors (Lipinski definition) is 0. The highest BCUT2D eigenvalue weighted by Gasteiger charge is 2.43. The average molecular weight is 292 g/mol. The molecule has 0 aliphatic carbocycles. The minimum atomic E-state index is -1.22. The lowest BCUT2D eigenvalue weighted by Gasteiger charge is -2.38. The second kappa shape index (κ2) is 7.18. The highest BCUT2D eigenvalue weighted by atomic mass is 19.1. The molecule has 0 aromatic rings. The highest BCUT2D eigenvalue weighted by molar-refractivity contribution is 5.67. The topological polar surface area (TPSA) is 88.1 Å². The van der Waals surface area contributed by atoms with Gasteiger partial charge in [0.25, 0.3) is 0 Å². The second-order valence-corrected chi connectivity index (χ2v) is 4.34. The van der Waals surface area contributed by atoms with Crippen LogP contribution in [0.1, 0.15) is 27.2 Å². The van der Waals surface area contributed by atoms with Gasteiger partial charge < -0.3 is 18.9 Å². The van der Waals surface area contributed by atoms with Gasteiger partial charge in [-0.2, -0.15) is 0 Å². The molecule has 1 fully saturated rings. The Kier molecular flexibility index (Phi) is 5.87. The van der Waals surface area contributed by atoms with Gasteiger partial charge in [0.2, 0.25) is 6.29 Å². The van der Waals surface area contributed by atoms with Crippen LogP contribution in [0, 0.1) is 0 Å². The summed E-state index contributed by atoms with van der Waals surface area (Å²) >= 11 is 0. The molecule has 1 aliphatic rings. The van der Waals surface area contributed by atoms with E-state index in [1.165, 1.54) is 13.8 Å². The van der Waals surface area contributed by atoms with Crippen molar-refractivity contribution >= 4 is 17.9 Å². The van der Waals surface area contributed by atoms with Crippen molar-refractivity contribution in [1.82, 2.24) is 0 Å². The SMILES string of the molecule is CC(=O)O[C@H]1O[C@@H](CF)[C@@H](OC(C)=O)C[C@@H]1OC(C)=O. The van der Waals surface area contributed by atoms with Crippen LogP contribution in [0.25, 0.3) is 0 Å². The first kappa shape index (κ1) is 16.4. The summed E-state index contributed by atoms with van der Waals surface area (Å²) in [6.07, 6.45) is -4.16. The zero-order valence-electron chi connectivity index (χ0n) is 11.5. The van der Waals surface area contributed by atoms with Gasteiger partial charge in [0, 0.05) is 27.2 Å². The Morgan fingerprint density at radius 3 is 1.95 bits per heavy atom. The van der Waals surface area contributed by atoms with Gasteiger partial charge in [-0.25, -0.2) is 4.39 Å². The molecule has 0 radical (unpaired) electrons.